The van der Waals surface area contributed by atoms with Gasteiger partial charge in [-0.1, -0.05) is 6.92 Å². The summed E-state index contributed by atoms with van der Waals surface area (Å²) >= 11 is 0. The molecular formula is C12H19NO5. The first-order valence-electron chi connectivity index (χ1n) is 5.86. The molecule has 0 aromatic rings. The fourth-order valence-corrected chi connectivity index (χ4v) is 2.09. The highest BCUT2D eigenvalue weighted by molar-refractivity contribution is 5.94. The van der Waals surface area contributed by atoms with Crippen LogP contribution in [0.2, 0.25) is 0 Å². The number of hydrogen-bond acceptors (Lipinski definition) is 5. The molecule has 0 aliphatic carbocycles. The number of β-lactam (4-membered cyclic amide) rings is 1. The first-order chi connectivity index (χ1) is 8.21. The Bertz CT molecular complexity index is 379. The lowest BCUT2D eigenvalue weighted by Crippen LogP contribution is -2.72. The number of ether oxygens (including phenoxy) is 1. The van der Waals surface area contributed by atoms with Crippen molar-refractivity contribution in [3.05, 3.63) is 0 Å². The van der Waals surface area contributed by atoms with Gasteiger partial charge in [-0.15, -0.1) is 0 Å². The molecule has 0 unspecified atom stereocenters. The second kappa shape index (κ2) is 5.06. The van der Waals surface area contributed by atoms with E-state index in [1.54, 1.807) is 13.8 Å². The van der Waals surface area contributed by atoms with Crippen LogP contribution in [0.1, 0.15) is 27.7 Å². The number of carbonyl (C=O) groups is 3. The summed E-state index contributed by atoms with van der Waals surface area (Å²) in [5, 5.41) is 12.3. The Labute approximate surface area is 106 Å². The van der Waals surface area contributed by atoms with Crippen LogP contribution in [0.4, 0.5) is 0 Å². The molecule has 0 aromatic heterocycles. The van der Waals surface area contributed by atoms with E-state index in [1.807, 2.05) is 0 Å². The molecule has 0 radical (unpaired) electrons. The smallest absolute Gasteiger partial charge is 0.303 e. The second-order valence-corrected chi connectivity index (χ2v) is 4.95. The summed E-state index contributed by atoms with van der Waals surface area (Å²) in [6.07, 6.45) is -0.847. The SMILES string of the molecule is CC(=O)OCC(=O)[C@H](C)[C@H]1NC(=O)[C@]1(C)[C@@H](C)O. The fourth-order valence-electron chi connectivity index (χ4n) is 2.09. The number of esters is 1. The molecule has 1 aliphatic heterocycles. The number of rotatable bonds is 5. The van der Waals surface area contributed by atoms with E-state index >= 15 is 0 Å². The van der Waals surface area contributed by atoms with E-state index in [0.717, 1.165) is 0 Å². The molecule has 1 saturated heterocycles. The van der Waals surface area contributed by atoms with Gasteiger partial charge in [-0.05, 0) is 13.8 Å². The molecule has 102 valence electrons. The van der Waals surface area contributed by atoms with Crippen LogP contribution in [0.5, 0.6) is 0 Å². The van der Waals surface area contributed by atoms with Crippen LogP contribution in [0.25, 0.3) is 0 Å². The van der Waals surface area contributed by atoms with Gasteiger partial charge in [0.1, 0.15) is 6.61 Å². The molecule has 1 amide bonds. The Hall–Kier alpha value is -1.43. The normalized spacial score (nSPS) is 29.8. The third-order valence-electron chi connectivity index (χ3n) is 3.72. The van der Waals surface area contributed by atoms with Crippen molar-refractivity contribution in [3.8, 4) is 0 Å². The predicted octanol–water partition coefficient (Wildman–Crippen LogP) is -0.360. The Balaban J connectivity index is 2.68. The molecule has 4 atom stereocenters. The molecule has 6 nitrogen and oxygen atoms in total. The Morgan fingerprint density at radius 3 is 2.44 bits per heavy atom. The molecule has 0 bridgehead atoms. The molecule has 6 heteroatoms. The summed E-state index contributed by atoms with van der Waals surface area (Å²) in [5.41, 5.74) is -0.967. The molecule has 1 heterocycles. The van der Waals surface area contributed by atoms with Gasteiger partial charge in [0.15, 0.2) is 5.78 Å². The van der Waals surface area contributed by atoms with Crippen LogP contribution < -0.4 is 5.32 Å². The topological polar surface area (TPSA) is 92.7 Å². The Kier molecular flexibility index (Phi) is 4.11. The molecule has 2 N–H and O–H groups in total. The maximum Gasteiger partial charge on any atom is 0.303 e. The maximum atomic E-state index is 11.8. The lowest BCUT2D eigenvalue weighted by atomic mass is 9.65. The molecule has 0 saturated carbocycles. The van der Waals surface area contributed by atoms with Gasteiger partial charge in [-0.25, -0.2) is 0 Å². The quantitative estimate of drug-likeness (QED) is 0.518. The van der Waals surface area contributed by atoms with Gasteiger partial charge in [-0.2, -0.15) is 0 Å². The van der Waals surface area contributed by atoms with E-state index < -0.39 is 29.4 Å². The van der Waals surface area contributed by atoms with Gasteiger partial charge in [0.25, 0.3) is 0 Å². The van der Waals surface area contributed by atoms with E-state index in [2.05, 4.69) is 10.1 Å². The van der Waals surface area contributed by atoms with Crippen molar-refractivity contribution in [1.29, 1.82) is 0 Å². The van der Waals surface area contributed by atoms with Crippen LogP contribution in [0.15, 0.2) is 0 Å². The number of aliphatic hydroxyl groups excluding tert-OH is 1. The maximum absolute atomic E-state index is 11.8. The van der Waals surface area contributed by atoms with Gasteiger partial charge >= 0.3 is 5.97 Å². The summed E-state index contributed by atoms with van der Waals surface area (Å²) in [4.78, 5) is 33.9. The zero-order valence-electron chi connectivity index (χ0n) is 11.0. The molecule has 0 aromatic carbocycles. The number of nitrogens with one attached hydrogen (secondary N) is 1. The van der Waals surface area contributed by atoms with E-state index in [4.69, 9.17) is 0 Å². The Morgan fingerprint density at radius 1 is 1.50 bits per heavy atom. The summed E-state index contributed by atoms with van der Waals surface area (Å²) in [7, 11) is 0. The highest BCUT2D eigenvalue weighted by atomic mass is 16.5. The summed E-state index contributed by atoms with van der Waals surface area (Å²) in [5.74, 6) is -1.58. The van der Waals surface area contributed by atoms with Crippen molar-refractivity contribution >= 4 is 17.7 Å². The van der Waals surface area contributed by atoms with Crippen molar-refractivity contribution < 1.29 is 24.2 Å². The van der Waals surface area contributed by atoms with Gasteiger partial charge in [0, 0.05) is 12.8 Å². The Morgan fingerprint density at radius 2 is 2.06 bits per heavy atom. The van der Waals surface area contributed by atoms with Crippen molar-refractivity contribution in [2.75, 3.05) is 6.61 Å². The molecule has 1 fully saturated rings. The standard InChI is InChI=1S/C12H19NO5/c1-6(9(16)5-18-8(3)15)10-12(4,7(2)14)11(17)13-10/h6-7,10,14H,5H2,1-4H3,(H,13,17)/t6-,7+,10+,12+/m0/s1. The van der Waals surface area contributed by atoms with Crippen LogP contribution in [-0.2, 0) is 19.1 Å². The average molecular weight is 257 g/mol. The molecule has 1 rings (SSSR count). The number of amides is 1. The zero-order chi connectivity index (χ0) is 14.1. The van der Waals surface area contributed by atoms with Crippen molar-refractivity contribution in [2.24, 2.45) is 11.3 Å². The average Bonchev–Trinajstić information content (AvgIpc) is 2.30. The number of aliphatic hydroxyl groups is 1. The van der Waals surface area contributed by atoms with E-state index in [0.29, 0.717) is 0 Å². The highest BCUT2D eigenvalue weighted by Gasteiger charge is 2.57. The van der Waals surface area contributed by atoms with Crippen LogP contribution in [-0.4, -0.2) is 41.5 Å². The molecule has 1 aliphatic rings. The molecular weight excluding hydrogens is 238 g/mol. The summed E-state index contributed by atoms with van der Waals surface area (Å²) < 4.78 is 4.64. The minimum atomic E-state index is -0.967. The van der Waals surface area contributed by atoms with Gasteiger partial charge < -0.3 is 15.2 Å². The minimum absolute atomic E-state index is 0.269. The lowest BCUT2D eigenvalue weighted by Gasteiger charge is -2.50. The van der Waals surface area contributed by atoms with E-state index in [9.17, 15) is 19.5 Å². The minimum Gasteiger partial charge on any atom is -0.458 e. The van der Waals surface area contributed by atoms with Crippen molar-refractivity contribution in [1.82, 2.24) is 5.32 Å². The van der Waals surface area contributed by atoms with E-state index in [-0.39, 0.29) is 18.3 Å². The zero-order valence-corrected chi connectivity index (χ0v) is 11.0. The van der Waals surface area contributed by atoms with E-state index in [1.165, 1.54) is 13.8 Å². The molecule has 0 spiro atoms. The fraction of sp³-hybridized carbons (Fsp3) is 0.750. The van der Waals surface area contributed by atoms with Gasteiger partial charge in [0.05, 0.1) is 17.6 Å². The van der Waals surface area contributed by atoms with Crippen molar-refractivity contribution in [2.45, 2.75) is 39.8 Å². The number of ketones is 1. The summed E-state index contributed by atoms with van der Waals surface area (Å²) in [6.45, 7) is 5.71. The second-order valence-electron chi connectivity index (χ2n) is 4.95. The lowest BCUT2D eigenvalue weighted by molar-refractivity contribution is -0.161. The monoisotopic (exact) mass is 257 g/mol. The number of hydrogen-bond donors (Lipinski definition) is 2. The third-order valence-corrected chi connectivity index (χ3v) is 3.72. The first-order valence-corrected chi connectivity index (χ1v) is 5.86. The van der Waals surface area contributed by atoms with Crippen molar-refractivity contribution in [3.63, 3.8) is 0 Å². The van der Waals surface area contributed by atoms with Crippen LogP contribution in [0, 0.1) is 11.3 Å². The highest BCUT2D eigenvalue weighted by Crippen LogP contribution is 2.38. The summed E-state index contributed by atoms with van der Waals surface area (Å²) in [6, 6.07) is -0.437. The number of carbonyl (C=O) groups excluding carboxylic acids is 3. The predicted molar refractivity (Wildman–Crippen MR) is 62.5 cm³/mol. The number of Topliss-reactive ketones (excluding diaryl/α,β-unsaturated/α-hetero) is 1. The largest absolute Gasteiger partial charge is 0.458 e. The van der Waals surface area contributed by atoms with Crippen LogP contribution >= 0.6 is 0 Å². The third kappa shape index (κ3) is 2.38. The first kappa shape index (κ1) is 14.6. The van der Waals surface area contributed by atoms with Gasteiger partial charge in [0.2, 0.25) is 5.91 Å². The van der Waals surface area contributed by atoms with Crippen LogP contribution in [0.3, 0.4) is 0 Å². The van der Waals surface area contributed by atoms with Gasteiger partial charge in [-0.3, -0.25) is 14.4 Å². The molecule has 18 heavy (non-hydrogen) atoms.